The third kappa shape index (κ3) is 2.71. The number of aryl methyl sites for hydroxylation is 1. The normalized spacial score (nSPS) is 14.5. The van der Waals surface area contributed by atoms with E-state index in [-0.39, 0.29) is 6.04 Å². The number of nitrogens with zero attached hydrogens (tertiary/aromatic N) is 3. The molecule has 0 aliphatic carbocycles. The molecule has 2 N–H and O–H groups in total. The number of hydrogen-bond donors (Lipinski definition) is 1. The van der Waals surface area contributed by atoms with Gasteiger partial charge in [-0.25, -0.2) is 4.98 Å². The minimum atomic E-state index is 0.0558. The van der Waals surface area contributed by atoms with Crippen LogP contribution in [0.25, 0.3) is 0 Å². The summed E-state index contributed by atoms with van der Waals surface area (Å²) in [5.41, 5.74) is 7.49. The molecule has 0 saturated heterocycles. The van der Waals surface area contributed by atoms with Gasteiger partial charge in [0, 0.05) is 19.5 Å². The second-order valence-corrected chi connectivity index (χ2v) is 4.37. The van der Waals surface area contributed by atoms with Crippen molar-refractivity contribution in [3.8, 4) is 0 Å². The van der Waals surface area contributed by atoms with Crippen molar-refractivity contribution in [1.29, 1.82) is 0 Å². The number of benzene rings is 1. The first-order chi connectivity index (χ1) is 8.18. The van der Waals surface area contributed by atoms with Gasteiger partial charge in [0.2, 0.25) is 0 Å². The Kier molecular flexibility index (Phi) is 3.54. The molecule has 2 aromatic rings. The Morgan fingerprint density at radius 1 is 1.29 bits per heavy atom. The summed E-state index contributed by atoms with van der Waals surface area (Å²) in [6.45, 7) is 2.15. The molecule has 17 heavy (non-hydrogen) atoms. The lowest BCUT2D eigenvalue weighted by Gasteiger charge is -2.19. The van der Waals surface area contributed by atoms with Crippen LogP contribution in [0.2, 0.25) is 0 Å². The Balaban J connectivity index is 2.06. The molecule has 2 unspecified atom stereocenters. The summed E-state index contributed by atoms with van der Waals surface area (Å²) in [5.74, 6) is 1.24. The molecular formula is C13H18N4. The summed E-state index contributed by atoms with van der Waals surface area (Å²) >= 11 is 0. The highest BCUT2D eigenvalue weighted by Gasteiger charge is 2.17. The summed E-state index contributed by atoms with van der Waals surface area (Å²) in [5, 5.41) is 4.05. The largest absolute Gasteiger partial charge is 0.327 e. The van der Waals surface area contributed by atoms with Crippen molar-refractivity contribution < 1.29 is 0 Å². The van der Waals surface area contributed by atoms with Crippen LogP contribution in [0.4, 0.5) is 0 Å². The van der Waals surface area contributed by atoms with Crippen LogP contribution in [-0.2, 0) is 13.5 Å². The van der Waals surface area contributed by atoms with Crippen molar-refractivity contribution in [2.24, 2.45) is 12.8 Å². The fourth-order valence-corrected chi connectivity index (χ4v) is 1.90. The van der Waals surface area contributed by atoms with Crippen molar-refractivity contribution in [1.82, 2.24) is 14.8 Å². The zero-order valence-electron chi connectivity index (χ0n) is 10.2. The van der Waals surface area contributed by atoms with Crippen molar-refractivity contribution >= 4 is 0 Å². The molecule has 0 saturated carbocycles. The number of aromatic nitrogens is 3. The average molecular weight is 230 g/mol. The van der Waals surface area contributed by atoms with Gasteiger partial charge in [0.05, 0.1) is 0 Å². The zero-order valence-corrected chi connectivity index (χ0v) is 10.2. The van der Waals surface area contributed by atoms with E-state index in [2.05, 4.69) is 29.1 Å². The molecule has 2 rings (SSSR count). The van der Waals surface area contributed by atoms with Crippen LogP contribution in [0.3, 0.4) is 0 Å². The molecule has 4 nitrogen and oxygen atoms in total. The topological polar surface area (TPSA) is 56.7 Å². The molecule has 0 aliphatic rings. The van der Waals surface area contributed by atoms with Gasteiger partial charge in [0.15, 0.2) is 0 Å². The van der Waals surface area contributed by atoms with Crippen LogP contribution in [0.1, 0.15) is 24.2 Å². The van der Waals surface area contributed by atoms with Gasteiger partial charge in [-0.05, 0) is 11.5 Å². The monoisotopic (exact) mass is 230 g/mol. The zero-order chi connectivity index (χ0) is 12.3. The van der Waals surface area contributed by atoms with Crippen molar-refractivity contribution in [2.75, 3.05) is 0 Å². The predicted molar refractivity (Wildman–Crippen MR) is 67.5 cm³/mol. The van der Waals surface area contributed by atoms with Gasteiger partial charge in [0.1, 0.15) is 12.2 Å². The standard InChI is InChI=1S/C13H18N4/c1-10(11-6-4-3-5-7-11)12(14)8-13-15-9-16-17(13)2/h3-7,9-10,12H,8,14H2,1-2H3. The highest BCUT2D eigenvalue weighted by atomic mass is 15.3. The summed E-state index contributed by atoms with van der Waals surface area (Å²) in [7, 11) is 1.89. The van der Waals surface area contributed by atoms with Crippen molar-refractivity contribution in [3.63, 3.8) is 0 Å². The number of rotatable bonds is 4. The van der Waals surface area contributed by atoms with E-state index in [9.17, 15) is 0 Å². The minimum absolute atomic E-state index is 0.0558. The number of nitrogens with two attached hydrogens (primary N) is 1. The third-order valence-electron chi connectivity index (χ3n) is 3.19. The lowest BCUT2D eigenvalue weighted by molar-refractivity contribution is 0.534. The second kappa shape index (κ2) is 5.10. The first-order valence-electron chi connectivity index (χ1n) is 5.82. The molecule has 4 heteroatoms. The Hall–Kier alpha value is -1.68. The van der Waals surface area contributed by atoms with Gasteiger partial charge in [0.25, 0.3) is 0 Å². The van der Waals surface area contributed by atoms with E-state index in [0.29, 0.717) is 5.92 Å². The van der Waals surface area contributed by atoms with E-state index >= 15 is 0 Å². The fourth-order valence-electron chi connectivity index (χ4n) is 1.90. The summed E-state index contributed by atoms with van der Waals surface area (Å²) in [6.07, 6.45) is 2.31. The van der Waals surface area contributed by atoms with Crippen molar-refractivity contribution in [2.45, 2.75) is 25.3 Å². The summed E-state index contributed by atoms with van der Waals surface area (Å²) in [6, 6.07) is 10.4. The second-order valence-electron chi connectivity index (χ2n) is 4.37. The Bertz CT molecular complexity index is 463. The fraction of sp³-hybridized carbons (Fsp3) is 0.385. The minimum Gasteiger partial charge on any atom is -0.327 e. The van der Waals surface area contributed by atoms with E-state index < -0.39 is 0 Å². The molecule has 0 fully saturated rings. The highest BCUT2D eigenvalue weighted by Crippen LogP contribution is 2.19. The van der Waals surface area contributed by atoms with Gasteiger partial charge >= 0.3 is 0 Å². The van der Waals surface area contributed by atoms with Gasteiger partial charge in [-0.3, -0.25) is 4.68 Å². The molecule has 90 valence electrons. The van der Waals surface area contributed by atoms with Gasteiger partial charge in [-0.1, -0.05) is 37.3 Å². The van der Waals surface area contributed by atoms with Crippen LogP contribution in [0, 0.1) is 0 Å². The molecule has 0 amide bonds. The molecule has 0 aliphatic heterocycles. The van der Waals surface area contributed by atoms with E-state index in [4.69, 9.17) is 5.73 Å². The highest BCUT2D eigenvalue weighted by molar-refractivity contribution is 5.20. The maximum Gasteiger partial charge on any atom is 0.138 e. The molecule has 1 heterocycles. The lowest BCUT2D eigenvalue weighted by Crippen LogP contribution is -2.30. The summed E-state index contributed by atoms with van der Waals surface area (Å²) in [4.78, 5) is 4.20. The molecule has 0 spiro atoms. The van der Waals surface area contributed by atoms with E-state index in [1.165, 1.54) is 5.56 Å². The molecule has 1 aromatic carbocycles. The van der Waals surface area contributed by atoms with Crippen LogP contribution in [0.15, 0.2) is 36.7 Å². The maximum absolute atomic E-state index is 6.23. The third-order valence-corrected chi connectivity index (χ3v) is 3.19. The van der Waals surface area contributed by atoms with E-state index in [1.807, 2.05) is 25.2 Å². The first-order valence-corrected chi connectivity index (χ1v) is 5.82. The quantitative estimate of drug-likeness (QED) is 0.865. The SMILES string of the molecule is CC(c1ccccc1)C(N)Cc1ncnn1C. The van der Waals surface area contributed by atoms with Crippen molar-refractivity contribution in [3.05, 3.63) is 48.0 Å². The van der Waals surface area contributed by atoms with Crippen LogP contribution in [0.5, 0.6) is 0 Å². The molecular weight excluding hydrogens is 212 g/mol. The Morgan fingerprint density at radius 3 is 2.59 bits per heavy atom. The average Bonchev–Trinajstić information content (AvgIpc) is 2.75. The van der Waals surface area contributed by atoms with Crippen LogP contribution >= 0.6 is 0 Å². The van der Waals surface area contributed by atoms with Crippen LogP contribution < -0.4 is 5.73 Å². The van der Waals surface area contributed by atoms with Gasteiger partial charge in [-0.2, -0.15) is 5.10 Å². The lowest BCUT2D eigenvalue weighted by atomic mass is 9.92. The Labute approximate surface area is 101 Å². The molecule has 0 radical (unpaired) electrons. The van der Waals surface area contributed by atoms with Crippen LogP contribution in [-0.4, -0.2) is 20.8 Å². The first kappa shape index (κ1) is 11.8. The van der Waals surface area contributed by atoms with E-state index in [0.717, 1.165) is 12.2 Å². The molecule has 0 bridgehead atoms. The van der Waals surface area contributed by atoms with Gasteiger partial charge in [-0.15, -0.1) is 0 Å². The predicted octanol–water partition coefficient (Wildman–Crippen LogP) is 1.49. The van der Waals surface area contributed by atoms with E-state index in [1.54, 1.807) is 11.0 Å². The Morgan fingerprint density at radius 2 is 2.00 bits per heavy atom. The summed E-state index contributed by atoms with van der Waals surface area (Å²) < 4.78 is 1.78. The molecule has 1 aromatic heterocycles. The maximum atomic E-state index is 6.23. The molecule has 2 atom stereocenters. The van der Waals surface area contributed by atoms with Gasteiger partial charge < -0.3 is 5.73 Å². The smallest absolute Gasteiger partial charge is 0.138 e. The number of hydrogen-bond acceptors (Lipinski definition) is 3.